The lowest BCUT2D eigenvalue weighted by Crippen LogP contribution is -2.39. The van der Waals surface area contributed by atoms with Crippen LogP contribution < -0.4 is 9.80 Å². The SMILES string of the molecule is C[C@@H](OC(=O)c1cccc(N(C)C)c1)C(=O)N1CCc2ccccc21. The minimum absolute atomic E-state index is 0.193. The summed E-state index contributed by atoms with van der Waals surface area (Å²) in [5.41, 5.74) is 3.40. The number of fused-ring (bicyclic) bond motifs is 1. The Balaban J connectivity index is 1.70. The van der Waals surface area contributed by atoms with Gasteiger partial charge in [-0.25, -0.2) is 4.79 Å². The van der Waals surface area contributed by atoms with Gasteiger partial charge in [-0.3, -0.25) is 4.79 Å². The lowest BCUT2D eigenvalue weighted by Gasteiger charge is -2.22. The molecule has 5 heteroatoms. The molecule has 0 aromatic heterocycles. The highest BCUT2D eigenvalue weighted by Gasteiger charge is 2.29. The standard InChI is InChI=1S/C20H22N2O3/c1-14(19(23)22-12-11-15-7-4-5-10-18(15)22)25-20(24)16-8-6-9-17(13-16)21(2)3/h4-10,13-14H,11-12H2,1-3H3/t14-/m1/s1. The Morgan fingerprint density at radius 3 is 2.64 bits per heavy atom. The molecule has 0 fully saturated rings. The quantitative estimate of drug-likeness (QED) is 0.805. The van der Waals surface area contributed by atoms with Gasteiger partial charge in [-0.05, 0) is 43.2 Å². The fraction of sp³-hybridized carbons (Fsp3) is 0.300. The van der Waals surface area contributed by atoms with E-state index in [-0.39, 0.29) is 5.91 Å². The largest absolute Gasteiger partial charge is 0.449 e. The number of benzene rings is 2. The summed E-state index contributed by atoms with van der Waals surface area (Å²) in [6.45, 7) is 2.24. The molecule has 130 valence electrons. The van der Waals surface area contributed by atoms with Gasteiger partial charge in [0.05, 0.1) is 5.56 Å². The van der Waals surface area contributed by atoms with Crippen LogP contribution in [0.15, 0.2) is 48.5 Å². The van der Waals surface area contributed by atoms with Gasteiger partial charge >= 0.3 is 5.97 Å². The molecule has 2 aromatic carbocycles. The lowest BCUT2D eigenvalue weighted by atomic mass is 10.2. The zero-order valence-corrected chi connectivity index (χ0v) is 14.7. The smallest absolute Gasteiger partial charge is 0.338 e. The van der Waals surface area contributed by atoms with Gasteiger partial charge in [-0.1, -0.05) is 24.3 Å². The zero-order valence-electron chi connectivity index (χ0n) is 14.7. The van der Waals surface area contributed by atoms with Gasteiger partial charge in [-0.15, -0.1) is 0 Å². The number of para-hydroxylation sites is 1. The number of carbonyl (C=O) groups excluding carboxylic acids is 2. The average Bonchev–Trinajstić information content (AvgIpc) is 3.05. The summed E-state index contributed by atoms with van der Waals surface area (Å²) in [6, 6.07) is 15.0. The van der Waals surface area contributed by atoms with Crippen LogP contribution in [-0.4, -0.2) is 38.6 Å². The minimum atomic E-state index is -0.832. The Hall–Kier alpha value is -2.82. The van der Waals surface area contributed by atoms with Crippen molar-refractivity contribution in [2.45, 2.75) is 19.4 Å². The van der Waals surface area contributed by atoms with E-state index in [4.69, 9.17) is 4.74 Å². The van der Waals surface area contributed by atoms with E-state index >= 15 is 0 Å². The monoisotopic (exact) mass is 338 g/mol. The molecule has 5 nitrogen and oxygen atoms in total. The molecule has 1 heterocycles. The van der Waals surface area contributed by atoms with E-state index in [2.05, 4.69) is 0 Å². The van der Waals surface area contributed by atoms with E-state index < -0.39 is 12.1 Å². The van der Waals surface area contributed by atoms with Gasteiger partial charge in [-0.2, -0.15) is 0 Å². The van der Waals surface area contributed by atoms with Gasteiger partial charge in [0.2, 0.25) is 0 Å². The van der Waals surface area contributed by atoms with Crippen LogP contribution in [0.4, 0.5) is 11.4 Å². The van der Waals surface area contributed by atoms with Crippen molar-refractivity contribution in [1.29, 1.82) is 0 Å². The average molecular weight is 338 g/mol. The summed E-state index contributed by atoms with van der Waals surface area (Å²) in [7, 11) is 3.81. The van der Waals surface area contributed by atoms with Crippen molar-refractivity contribution in [1.82, 2.24) is 0 Å². The first-order valence-electron chi connectivity index (χ1n) is 8.35. The van der Waals surface area contributed by atoms with Crippen molar-refractivity contribution in [3.05, 3.63) is 59.7 Å². The molecule has 0 bridgehead atoms. The lowest BCUT2D eigenvalue weighted by molar-refractivity contribution is -0.126. The molecular formula is C20H22N2O3. The number of ether oxygens (including phenoxy) is 1. The Kier molecular flexibility index (Phi) is 4.74. The van der Waals surface area contributed by atoms with E-state index in [1.165, 1.54) is 0 Å². The van der Waals surface area contributed by atoms with Gasteiger partial charge in [0.15, 0.2) is 6.10 Å². The maximum atomic E-state index is 12.7. The topological polar surface area (TPSA) is 49.9 Å². The molecule has 3 rings (SSSR count). The molecule has 1 aliphatic rings. The van der Waals surface area contributed by atoms with Crippen molar-refractivity contribution < 1.29 is 14.3 Å². The summed E-state index contributed by atoms with van der Waals surface area (Å²) in [6.07, 6.45) is -0.00494. The van der Waals surface area contributed by atoms with Gasteiger partial charge in [0.25, 0.3) is 5.91 Å². The van der Waals surface area contributed by atoms with Crippen LogP contribution in [0.2, 0.25) is 0 Å². The van der Waals surface area contributed by atoms with Crippen molar-refractivity contribution >= 4 is 23.3 Å². The van der Waals surface area contributed by atoms with E-state index in [1.807, 2.05) is 49.3 Å². The van der Waals surface area contributed by atoms with Crippen LogP contribution in [0.3, 0.4) is 0 Å². The number of anilines is 2. The van der Waals surface area contributed by atoms with Crippen molar-refractivity contribution in [3.8, 4) is 0 Å². The molecule has 1 atom stereocenters. The summed E-state index contributed by atoms with van der Waals surface area (Å²) >= 11 is 0. The molecule has 0 aliphatic carbocycles. The van der Waals surface area contributed by atoms with Gasteiger partial charge in [0.1, 0.15) is 0 Å². The van der Waals surface area contributed by atoms with E-state index in [0.29, 0.717) is 12.1 Å². The first-order valence-corrected chi connectivity index (χ1v) is 8.35. The molecule has 0 saturated heterocycles. The molecule has 0 unspecified atom stereocenters. The van der Waals surface area contributed by atoms with Crippen LogP contribution in [0.5, 0.6) is 0 Å². The first kappa shape index (κ1) is 17.0. The number of rotatable bonds is 4. The third-order valence-corrected chi connectivity index (χ3v) is 4.38. The number of nitrogens with zero attached hydrogens (tertiary/aromatic N) is 2. The number of carbonyl (C=O) groups is 2. The Morgan fingerprint density at radius 2 is 1.88 bits per heavy atom. The van der Waals surface area contributed by atoms with Crippen LogP contribution in [-0.2, 0) is 16.0 Å². The molecule has 0 spiro atoms. The second-order valence-electron chi connectivity index (χ2n) is 6.36. The van der Waals surface area contributed by atoms with Crippen LogP contribution in [0, 0.1) is 0 Å². The summed E-state index contributed by atoms with van der Waals surface area (Å²) in [5.74, 6) is -0.681. The summed E-state index contributed by atoms with van der Waals surface area (Å²) in [5, 5.41) is 0. The Labute approximate surface area is 147 Å². The zero-order chi connectivity index (χ0) is 18.0. The Morgan fingerprint density at radius 1 is 1.12 bits per heavy atom. The van der Waals surface area contributed by atoms with Crippen molar-refractivity contribution in [2.75, 3.05) is 30.4 Å². The summed E-state index contributed by atoms with van der Waals surface area (Å²) < 4.78 is 5.41. The third-order valence-electron chi connectivity index (χ3n) is 4.38. The van der Waals surface area contributed by atoms with E-state index in [9.17, 15) is 9.59 Å². The Bertz CT molecular complexity index is 801. The predicted molar refractivity (Wildman–Crippen MR) is 98.1 cm³/mol. The van der Waals surface area contributed by atoms with Gasteiger partial charge < -0.3 is 14.5 Å². The fourth-order valence-electron chi connectivity index (χ4n) is 2.98. The number of hydrogen-bond donors (Lipinski definition) is 0. The fourth-order valence-corrected chi connectivity index (χ4v) is 2.98. The van der Waals surface area contributed by atoms with Crippen LogP contribution >= 0.6 is 0 Å². The molecule has 0 saturated carbocycles. The molecule has 0 N–H and O–H groups in total. The van der Waals surface area contributed by atoms with Crippen molar-refractivity contribution in [2.24, 2.45) is 0 Å². The summed E-state index contributed by atoms with van der Waals surface area (Å²) in [4.78, 5) is 28.7. The molecule has 0 radical (unpaired) electrons. The van der Waals surface area contributed by atoms with Crippen LogP contribution in [0.25, 0.3) is 0 Å². The van der Waals surface area contributed by atoms with Crippen LogP contribution in [0.1, 0.15) is 22.8 Å². The third kappa shape index (κ3) is 3.50. The maximum Gasteiger partial charge on any atom is 0.338 e. The number of esters is 1. The van der Waals surface area contributed by atoms with E-state index in [0.717, 1.165) is 23.4 Å². The molecular weight excluding hydrogens is 316 g/mol. The molecule has 25 heavy (non-hydrogen) atoms. The number of amides is 1. The van der Waals surface area contributed by atoms with E-state index in [1.54, 1.807) is 30.0 Å². The normalized spacial score (nSPS) is 14.0. The maximum absolute atomic E-state index is 12.7. The highest BCUT2D eigenvalue weighted by atomic mass is 16.5. The highest BCUT2D eigenvalue weighted by molar-refractivity contribution is 6.00. The number of hydrogen-bond acceptors (Lipinski definition) is 4. The first-order chi connectivity index (χ1) is 12.0. The molecule has 2 aromatic rings. The molecule has 1 amide bonds. The minimum Gasteiger partial charge on any atom is -0.449 e. The second-order valence-corrected chi connectivity index (χ2v) is 6.36. The predicted octanol–water partition coefficient (Wildman–Crippen LogP) is 2.89. The van der Waals surface area contributed by atoms with Crippen molar-refractivity contribution in [3.63, 3.8) is 0 Å². The van der Waals surface area contributed by atoms with Gasteiger partial charge in [0, 0.05) is 32.0 Å². The second kappa shape index (κ2) is 6.97. The highest BCUT2D eigenvalue weighted by Crippen LogP contribution is 2.28. The molecule has 1 aliphatic heterocycles.